The molecule has 1 aliphatic heterocycles. The van der Waals surface area contributed by atoms with Gasteiger partial charge < -0.3 is 10.1 Å². The van der Waals surface area contributed by atoms with E-state index >= 15 is 0 Å². The van der Waals surface area contributed by atoms with Crippen LogP contribution >= 0.6 is 11.6 Å². The van der Waals surface area contributed by atoms with E-state index in [2.05, 4.69) is 17.4 Å². The molecule has 0 aliphatic carbocycles. The molecule has 0 spiro atoms. The summed E-state index contributed by atoms with van der Waals surface area (Å²) in [5.41, 5.74) is 1.30. The number of β-lactam (4-membered cyclic amide) rings is 1. The summed E-state index contributed by atoms with van der Waals surface area (Å²) in [6.45, 7) is 2.49. The lowest BCUT2D eigenvalue weighted by atomic mass is 9.98. The van der Waals surface area contributed by atoms with E-state index in [1.54, 1.807) is 0 Å². The molecule has 1 saturated heterocycles. The first-order chi connectivity index (χ1) is 14.5. The average molecular weight is 429 g/mol. The van der Waals surface area contributed by atoms with E-state index in [1.165, 1.54) is 10.5 Å². The molecule has 1 aliphatic rings. The molecule has 30 heavy (non-hydrogen) atoms. The number of carbonyl (C=O) groups is 2. The number of likely N-dealkylation sites (tertiary alicyclic amines) is 1. The zero-order valence-electron chi connectivity index (χ0n) is 17.4. The number of benzene rings is 2. The van der Waals surface area contributed by atoms with E-state index in [9.17, 15) is 9.59 Å². The number of unbranched alkanes of at least 4 members (excludes halogenated alkanes) is 3. The zero-order chi connectivity index (χ0) is 21.3. The first-order valence-corrected chi connectivity index (χ1v) is 11.0. The maximum Gasteiger partial charge on any atom is 0.239 e. The molecular weight excluding hydrogens is 400 g/mol. The van der Waals surface area contributed by atoms with Gasteiger partial charge in [-0.05, 0) is 56.0 Å². The number of halogens is 1. The molecule has 2 amide bonds. The van der Waals surface area contributed by atoms with Crippen LogP contribution in [0.1, 0.15) is 38.2 Å². The van der Waals surface area contributed by atoms with Crippen LogP contribution in [0.2, 0.25) is 5.02 Å². The quantitative estimate of drug-likeness (QED) is 0.425. The van der Waals surface area contributed by atoms with Crippen LogP contribution in [0.4, 0.5) is 0 Å². The third kappa shape index (κ3) is 6.23. The van der Waals surface area contributed by atoms with Gasteiger partial charge in [-0.1, -0.05) is 54.8 Å². The van der Waals surface area contributed by atoms with Gasteiger partial charge in [0.1, 0.15) is 12.3 Å². The topological polar surface area (TPSA) is 58.6 Å². The minimum absolute atomic E-state index is 0.0389. The highest BCUT2D eigenvalue weighted by Gasteiger charge is 2.46. The van der Waals surface area contributed by atoms with Crippen molar-refractivity contribution in [3.63, 3.8) is 0 Å². The maximum atomic E-state index is 12.2. The van der Waals surface area contributed by atoms with Crippen molar-refractivity contribution in [1.82, 2.24) is 10.2 Å². The van der Waals surface area contributed by atoms with E-state index < -0.39 is 6.23 Å². The summed E-state index contributed by atoms with van der Waals surface area (Å²) in [7, 11) is 0. The Kier molecular flexibility index (Phi) is 8.14. The molecule has 1 N–H and O–H groups in total. The Balaban J connectivity index is 1.29. The van der Waals surface area contributed by atoms with Crippen LogP contribution in [0.15, 0.2) is 54.6 Å². The van der Waals surface area contributed by atoms with Crippen molar-refractivity contribution in [1.29, 1.82) is 0 Å². The summed E-state index contributed by atoms with van der Waals surface area (Å²) in [5.74, 6) is 0.274. The van der Waals surface area contributed by atoms with Crippen LogP contribution < -0.4 is 10.1 Å². The predicted molar refractivity (Wildman–Crippen MR) is 118 cm³/mol. The van der Waals surface area contributed by atoms with Crippen LogP contribution in [0.5, 0.6) is 5.75 Å². The van der Waals surface area contributed by atoms with Gasteiger partial charge >= 0.3 is 0 Å². The summed E-state index contributed by atoms with van der Waals surface area (Å²) in [5, 5.41) is 3.68. The van der Waals surface area contributed by atoms with Gasteiger partial charge in [0.05, 0.1) is 5.92 Å². The Bertz CT molecular complexity index is 826. The van der Waals surface area contributed by atoms with E-state index in [0.29, 0.717) is 12.3 Å². The summed E-state index contributed by atoms with van der Waals surface area (Å²) in [6, 6.07) is 17.3. The third-order valence-corrected chi connectivity index (χ3v) is 5.60. The molecule has 5 nitrogen and oxygen atoms in total. The van der Waals surface area contributed by atoms with Crippen molar-refractivity contribution in [2.75, 3.05) is 13.1 Å². The third-order valence-electron chi connectivity index (χ3n) is 5.35. The zero-order valence-corrected chi connectivity index (χ0v) is 18.1. The van der Waals surface area contributed by atoms with Gasteiger partial charge in [-0.15, -0.1) is 0 Å². The smallest absolute Gasteiger partial charge is 0.239 e. The fraction of sp³-hybridized carbons (Fsp3) is 0.417. The number of ether oxygens (including phenoxy) is 1. The van der Waals surface area contributed by atoms with Crippen LogP contribution in [-0.2, 0) is 16.0 Å². The number of amides is 2. The van der Waals surface area contributed by atoms with E-state index in [1.807, 2.05) is 49.4 Å². The minimum atomic E-state index is -0.390. The maximum absolute atomic E-state index is 12.2. The summed E-state index contributed by atoms with van der Waals surface area (Å²) in [4.78, 5) is 25.9. The number of hydrogen-bond donors (Lipinski definition) is 1. The van der Waals surface area contributed by atoms with Gasteiger partial charge in [0.2, 0.25) is 11.8 Å². The predicted octanol–water partition coefficient (Wildman–Crippen LogP) is 4.44. The van der Waals surface area contributed by atoms with Crippen molar-refractivity contribution in [2.45, 2.75) is 45.3 Å². The number of nitrogens with one attached hydrogen (secondary N) is 1. The summed E-state index contributed by atoms with van der Waals surface area (Å²) >= 11 is 5.90. The van der Waals surface area contributed by atoms with Crippen molar-refractivity contribution >= 4 is 23.4 Å². The number of carbonyl (C=O) groups excluding carboxylic acids is 2. The normalized spacial score (nSPS) is 18.1. The Morgan fingerprint density at radius 3 is 2.47 bits per heavy atom. The molecular formula is C24H29ClN2O3. The van der Waals surface area contributed by atoms with Gasteiger partial charge in [0.15, 0.2) is 6.23 Å². The molecule has 1 heterocycles. The average Bonchev–Trinajstić information content (AvgIpc) is 2.77. The van der Waals surface area contributed by atoms with Crippen molar-refractivity contribution in [3.8, 4) is 5.75 Å². The largest absolute Gasteiger partial charge is 0.470 e. The molecule has 2 aromatic rings. The molecule has 0 saturated carbocycles. The molecule has 3 rings (SSSR count). The van der Waals surface area contributed by atoms with E-state index in [4.69, 9.17) is 16.3 Å². The van der Waals surface area contributed by atoms with Gasteiger partial charge in [-0.25, -0.2) is 0 Å². The fourth-order valence-electron chi connectivity index (χ4n) is 3.57. The molecule has 0 aromatic heterocycles. The van der Waals surface area contributed by atoms with Crippen molar-refractivity contribution in [3.05, 3.63) is 65.2 Å². The van der Waals surface area contributed by atoms with Gasteiger partial charge in [0.25, 0.3) is 0 Å². The number of aryl methyl sites for hydroxylation is 1. The highest BCUT2D eigenvalue weighted by molar-refractivity contribution is 6.30. The molecule has 2 aromatic carbocycles. The second-order valence-corrected chi connectivity index (χ2v) is 8.15. The van der Waals surface area contributed by atoms with Crippen molar-refractivity contribution in [2.24, 2.45) is 5.92 Å². The second kappa shape index (κ2) is 11.0. The van der Waals surface area contributed by atoms with Crippen LogP contribution in [0.25, 0.3) is 0 Å². The van der Waals surface area contributed by atoms with Crippen LogP contribution in [-0.4, -0.2) is 36.0 Å². The van der Waals surface area contributed by atoms with Gasteiger partial charge in [0, 0.05) is 11.6 Å². The van der Waals surface area contributed by atoms with Crippen LogP contribution in [0, 0.1) is 5.92 Å². The second-order valence-electron chi connectivity index (χ2n) is 7.72. The van der Waals surface area contributed by atoms with E-state index in [0.717, 1.165) is 37.1 Å². The molecule has 6 heteroatoms. The first-order valence-electron chi connectivity index (χ1n) is 10.6. The Hall–Kier alpha value is -2.53. The van der Waals surface area contributed by atoms with Crippen molar-refractivity contribution < 1.29 is 14.3 Å². The number of hydrogen-bond acceptors (Lipinski definition) is 3. The molecule has 2 atom stereocenters. The fourth-order valence-corrected chi connectivity index (χ4v) is 3.69. The van der Waals surface area contributed by atoms with Gasteiger partial charge in [-0.2, -0.15) is 0 Å². The number of rotatable bonds is 11. The SMILES string of the molecule is CC1C(=O)N(CC(=O)NCCCCCCc2ccc(Cl)cc2)C1Oc1ccccc1. The Labute approximate surface area is 183 Å². The summed E-state index contributed by atoms with van der Waals surface area (Å²) < 4.78 is 5.88. The molecule has 0 bridgehead atoms. The lowest BCUT2D eigenvalue weighted by molar-refractivity contribution is -0.176. The lowest BCUT2D eigenvalue weighted by Gasteiger charge is -2.44. The standard InChI is InChI=1S/C24H29ClN2O3/c1-18-23(29)27(24(18)30-21-10-6-4-7-11-21)17-22(28)26-16-8-3-2-5-9-19-12-14-20(25)15-13-19/h4,6-7,10-15,18,24H,2-3,5,8-9,16-17H2,1H3,(H,26,28). The van der Waals surface area contributed by atoms with Gasteiger partial charge in [-0.3, -0.25) is 14.5 Å². The van der Waals surface area contributed by atoms with Crippen LogP contribution in [0.3, 0.4) is 0 Å². The summed E-state index contributed by atoms with van der Waals surface area (Å²) in [6.07, 6.45) is 4.88. The molecule has 2 unspecified atom stereocenters. The number of para-hydroxylation sites is 1. The molecule has 1 fully saturated rings. The minimum Gasteiger partial charge on any atom is -0.470 e. The number of nitrogens with zero attached hydrogens (tertiary/aromatic N) is 1. The first kappa shape index (κ1) is 22.2. The monoisotopic (exact) mass is 428 g/mol. The Morgan fingerprint density at radius 1 is 1.03 bits per heavy atom. The molecule has 160 valence electrons. The highest BCUT2D eigenvalue weighted by Crippen LogP contribution is 2.28. The lowest BCUT2D eigenvalue weighted by Crippen LogP contribution is -2.64. The molecule has 0 radical (unpaired) electrons. The highest BCUT2D eigenvalue weighted by atomic mass is 35.5. The Morgan fingerprint density at radius 2 is 1.73 bits per heavy atom. The van der Waals surface area contributed by atoms with E-state index in [-0.39, 0.29) is 24.3 Å².